The summed E-state index contributed by atoms with van der Waals surface area (Å²) in [6, 6.07) is 10.8. The number of Topliss-reactive ketones (excluding diaryl/α,β-unsaturated/α-hetero) is 1. The van der Waals surface area contributed by atoms with Gasteiger partial charge in [0, 0.05) is 10.9 Å². The van der Waals surface area contributed by atoms with Gasteiger partial charge in [-0.2, -0.15) is 5.26 Å². The number of hydrogen-bond donors (Lipinski definition) is 0. The van der Waals surface area contributed by atoms with Gasteiger partial charge in [0.1, 0.15) is 11.7 Å². The van der Waals surface area contributed by atoms with Crippen LogP contribution in [0, 0.1) is 11.3 Å². The maximum Gasteiger partial charge on any atom is 0.185 e. The molecule has 1 heterocycles. The molecule has 1 aromatic carbocycles. The van der Waals surface area contributed by atoms with E-state index >= 15 is 0 Å². The number of rotatable bonds is 4. The quantitative estimate of drug-likeness (QED) is 0.793. The molecule has 5 heteroatoms. The second-order valence-corrected chi connectivity index (χ2v) is 6.13. The van der Waals surface area contributed by atoms with Crippen molar-refractivity contribution in [3.05, 3.63) is 50.6 Å². The molecule has 0 aliphatic rings. The Kier molecular flexibility index (Phi) is 4.35. The van der Waals surface area contributed by atoms with Crippen LogP contribution in [0.3, 0.4) is 0 Å². The van der Waals surface area contributed by atoms with Crippen LogP contribution in [0.1, 0.15) is 21.8 Å². The highest BCUT2D eigenvalue weighted by molar-refractivity contribution is 9.11. The van der Waals surface area contributed by atoms with Gasteiger partial charge < -0.3 is 4.74 Å². The number of ether oxygens (including phenoxy) is 1. The number of halogens is 1. The normalized spacial score (nSPS) is 11.6. The molecule has 3 nitrogen and oxygen atoms in total. The zero-order valence-corrected chi connectivity index (χ0v) is 12.5. The summed E-state index contributed by atoms with van der Waals surface area (Å²) in [5.41, 5.74) is 1.23. The van der Waals surface area contributed by atoms with Crippen molar-refractivity contribution in [1.29, 1.82) is 5.26 Å². The molecule has 0 N–H and O–H groups in total. The topological polar surface area (TPSA) is 50.1 Å². The Hall–Kier alpha value is -1.64. The number of methoxy groups -OCH3 is 1. The summed E-state index contributed by atoms with van der Waals surface area (Å²) in [6.45, 7) is 0. The van der Waals surface area contributed by atoms with Crippen LogP contribution in [-0.2, 0) is 0 Å². The first-order valence-electron chi connectivity index (χ1n) is 5.47. The van der Waals surface area contributed by atoms with Crippen molar-refractivity contribution in [3.8, 4) is 11.8 Å². The molecule has 1 atom stereocenters. The Morgan fingerprint density at radius 3 is 2.58 bits per heavy atom. The molecule has 0 aliphatic carbocycles. The van der Waals surface area contributed by atoms with Crippen molar-refractivity contribution in [3.63, 3.8) is 0 Å². The van der Waals surface area contributed by atoms with Gasteiger partial charge in [-0.25, -0.2) is 0 Å². The summed E-state index contributed by atoms with van der Waals surface area (Å²) in [5, 5.41) is 11.0. The van der Waals surface area contributed by atoms with E-state index < -0.39 is 5.92 Å². The number of carbonyl (C=O) groups is 1. The van der Waals surface area contributed by atoms with Gasteiger partial charge >= 0.3 is 0 Å². The van der Waals surface area contributed by atoms with Gasteiger partial charge in [-0.1, -0.05) is 12.1 Å². The number of nitrogens with zero attached hydrogens (tertiary/aromatic N) is 1. The maximum absolute atomic E-state index is 12.3. The molecule has 2 aromatic rings. The smallest absolute Gasteiger partial charge is 0.185 e. The molecular weight excluding hydrogens is 326 g/mol. The van der Waals surface area contributed by atoms with E-state index in [0.717, 1.165) is 3.79 Å². The molecular formula is C14H10BrNO2S. The van der Waals surface area contributed by atoms with Crippen molar-refractivity contribution in [2.75, 3.05) is 7.11 Å². The third-order valence-corrected chi connectivity index (χ3v) is 4.20. The zero-order chi connectivity index (χ0) is 13.8. The SMILES string of the molecule is COc1ccc(C(C#N)C(=O)c2csc(Br)c2)cc1. The number of ketones is 1. The molecule has 0 amide bonds. The van der Waals surface area contributed by atoms with Crippen molar-refractivity contribution in [2.45, 2.75) is 5.92 Å². The molecule has 0 saturated carbocycles. The number of nitriles is 1. The third-order valence-electron chi connectivity index (χ3n) is 2.69. The van der Waals surface area contributed by atoms with Gasteiger partial charge in [-0.3, -0.25) is 4.79 Å². The van der Waals surface area contributed by atoms with Gasteiger partial charge in [0.15, 0.2) is 5.78 Å². The second kappa shape index (κ2) is 6.00. The molecule has 0 bridgehead atoms. The van der Waals surface area contributed by atoms with E-state index in [2.05, 4.69) is 22.0 Å². The molecule has 1 aromatic heterocycles. The van der Waals surface area contributed by atoms with Gasteiger partial charge in [0.2, 0.25) is 0 Å². The largest absolute Gasteiger partial charge is 0.497 e. The average Bonchev–Trinajstić information content (AvgIpc) is 2.87. The summed E-state index contributed by atoms with van der Waals surface area (Å²) in [4.78, 5) is 12.3. The summed E-state index contributed by atoms with van der Waals surface area (Å²) < 4.78 is 5.94. The summed E-state index contributed by atoms with van der Waals surface area (Å²) in [7, 11) is 1.57. The highest BCUT2D eigenvalue weighted by atomic mass is 79.9. The van der Waals surface area contributed by atoms with Crippen LogP contribution < -0.4 is 4.74 Å². The van der Waals surface area contributed by atoms with Crippen LogP contribution in [0.5, 0.6) is 5.75 Å². The van der Waals surface area contributed by atoms with Crippen LogP contribution >= 0.6 is 27.3 Å². The first-order valence-corrected chi connectivity index (χ1v) is 7.14. The lowest BCUT2D eigenvalue weighted by atomic mass is 9.93. The van der Waals surface area contributed by atoms with Crippen molar-refractivity contribution in [2.24, 2.45) is 0 Å². The number of thiophene rings is 1. The lowest BCUT2D eigenvalue weighted by molar-refractivity contribution is 0.0979. The van der Waals surface area contributed by atoms with E-state index in [1.807, 2.05) is 0 Å². The molecule has 0 aliphatic heterocycles. The van der Waals surface area contributed by atoms with E-state index in [1.54, 1.807) is 42.8 Å². The molecule has 0 fully saturated rings. The molecule has 1 unspecified atom stereocenters. The van der Waals surface area contributed by atoms with E-state index in [9.17, 15) is 10.1 Å². The summed E-state index contributed by atoms with van der Waals surface area (Å²) >= 11 is 4.74. The van der Waals surface area contributed by atoms with Crippen molar-refractivity contribution < 1.29 is 9.53 Å². The minimum Gasteiger partial charge on any atom is -0.497 e. The Labute approximate surface area is 123 Å². The van der Waals surface area contributed by atoms with Crippen LogP contribution in [0.25, 0.3) is 0 Å². The fraction of sp³-hybridized carbons (Fsp3) is 0.143. The van der Waals surface area contributed by atoms with Gasteiger partial charge in [-0.05, 0) is 39.7 Å². The van der Waals surface area contributed by atoms with E-state index in [0.29, 0.717) is 16.9 Å². The van der Waals surface area contributed by atoms with E-state index in [1.165, 1.54) is 11.3 Å². The Balaban J connectivity index is 2.29. The minimum absolute atomic E-state index is 0.186. The Morgan fingerprint density at radius 1 is 1.42 bits per heavy atom. The van der Waals surface area contributed by atoms with Crippen molar-refractivity contribution >= 4 is 33.0 Å². The zero-order valence-electron chi connectivity index (χ0n) is 10.1. The van der Waals surface area contributed by atoms with Crippen LogP contribution in [0.4, 0.5) is 0 Å². The van der Waals surface area contributed by atoms with Gasteiger partial charge in [0.05, 0.1) is 17.0 Å². The predicted molar refractivity (Wildman–Crippen MR) is 77.7 cm³/mol. The number of carbonyl (C=O) groups excluding carboxylic acids is 1. The third kappa shape index (κ3) is 3.03. The Morgan fingerprint density at radius 2 is 2.11 bits per heavy atom. The standard InChI is InChI=1S/C14H10BrNO2S/c1-18-11-4-2-9(3-5-11)12(7-16)14(17)10-6-13(15)19-8-10/h2-6,8,12H,1H3. The highest BCUT2D eigenvalue weighted by Gasteiger charge is 2.22. The van der Waals surface area contributed by atoms with Crippen molar-refractivity contribution in [1.82, 2.24) is 0 Å². The fourth-order valence-electron chi connectivity index (χ4n) is 1.69. The van der Waals surface area contributed by atoms with Crippen LogP contribution in [-0.4, -0.2) is 12.9 Å². The lowest BCUT2D eigenvalue weighted by Crippen LogP contribution is -2.10. The molecule has 0 spiro atoms. The monoisotopic (exact) mass is 335 g/mol. The molecule has 96 valence electrons. The number of benzene rings is 1. The predicted octanol–water partition coefficient (Wildman–Crippen LogP) is 4.01. The molecule has 0 saturated heterocycles. The van der Waals surface area contributed by atoms with Crippen LogP contribution in [0.2, 0.25) is 0 Å². The first-order chi connectivity index (χ1) is 9.15. The fourth-order valence-corrected chi connectivity index (χ4v) is 2.83. The molecule has 19 heavy (non-hydrogen) atoms. The second-order valence-electron chi connectivity index (χ2n) is 3.84. The Bertz CT molecular complexity index is 628. The van der Waals surface area contributed by atoms with E-state index in [-0.39, 0.29) is 5.78 Å². The molecule has 0 radical (unpaired) electrons. The lowest BCUT2D eigenvalue weighted by Gasteiger charge is -2.08. The van der Waals surface area contributed by atoms with E-state index in [4.69, 9.17) is 4.74 Å². The van der Waals surface area contributed by atoms with Gasteiger partial charge in [-0.15, -0.1) is 11.3 Å². The molecule has 2 rings (SSSR count). The average molecular weight is 336 g/mol. The first kappa shape index (κ1) is 13.8. The van der Waals surface area contributed by atoms with Gasteiger partial charge in [0.25, 0.3) is 0 Å². The number of hydrogen-bond acceptors (Lipinski definition) is 4. The highest BCUT2D eigenvalue weighted by Crippen LogP contribution is 2.27. The minimum atomic E-state index is -0.785. The van der Waals surface area contributed by atoms with Crippen LogP contribution in [0.15, 0.2) is 39.5 Å². The summed E-state index contributed by atoms with van der Waals surface area (Å²) in [6.07, 6.45) is 0. The maximum atomic E-state index is 12.3. The summed E-state index contributed by atoms with van der Waals surface area (Å²) in [5.74, 6) is -0.270.